The SMILES string of the molecule is CN=C(CNC(=O)NC)Nc1ccccc1. The number of para-hydroxylation sites is 1. The van der Waals surface area contributed by atoms with E-state index < -0.39 is 0 Å². The van der Waals surface area contributed by atoms with Crippen molar-refractivity contribution in [1.29, 1.82) is 0 Å². The molecule has 1 rings (SSSR count). The molecule has 0 heterocycles. The Bertz CT molecular complexity index is 362. The molecule has 5 heteroatoms. The Morgan fingerprint density at radius 2 is 2.00 bits per heavy atom. The minimum absolute atomic E-state index is 0.226. The largest absolute Gasteiger partial charge is 0.343 e. The Morgan fingerprint density at radius 3 is 2.56 bits per heavy atom. The summed E-state index contributed by atoms with van der Waals surface area (Å²) in [6.07, 6.45) is 0. The van der Waals surface area contributed by atoms with Crippen molar-refractivity contribution in [2.24, 2.45) is 4.99 Å². The lowest BCUT2D eigenvalue weighted by molar-refractivity contribution is 0.244. The molecular weight excluding hydrogens is 204 g/mol. The standard InChI is InChI=1S/C11H16N4O/c1-12-10(8-14-11(16)13-2)15-9-6-4-3-5-7-9/h3-7H,8H2,1-2H3,(H,12,15)(H2,13,14,16). The fourth-order valence-corrected chi connectivity index (χ4v) is 1.12. The van der Waals surface area contributed by atoms with Crippen molar-refractivity contribution in [2.45, 2.75) is 0 Å². The number of carbonyl (C=O) groups is 1. The molecule has 0 unspecified atom stereocenters. The minimum Gasteiger partial charge on any atom is -0.343 e. The maximum absolute atomic E-state index is 11.0. The quantitative estimate of drug-likeness (QED) is 0.526. The van der Waals surface area contributed by atoms with Crippen molar-refractivity contribution in [3.8, 4) is 0 Å². The van der Waals surface area contributed by atoms with Gasteiger partial charge >= 0.3 is 6.03 Å². The molecule has 16 heavy (non-hydrogen) atoms. The molecule has 0 fully saturated rings. The van der Waals surface area contributed by atoms with E-state index in [9.17, 15) is 4.79 Å². The van der Waals surface area contributed by atoms with Crippen LogP contribution in [-0.4, -0.2) is 32.5 Å². The summed E-state index contributed by atoms with van der Waals surface area (Å²) in [5, 5.41) is 8.25. The topological polar surface area (TPSA) is 65.5 Å². The van der Waals surface area contributed by atoms with E-state index in [1.54, 1.807) is 14.1 Å². The molecule has 0 aliphatic carbocycles. The van der Waals surface area contributed by atoms with Crippen LogP contribution in [0.1, 0.15) is 0 Å². The van der Waals surface area contributed by atoms with Gasteiger partial charge in [0.05, 0.1) is 6.54 Å². The van der Waals surface area contributed by atoms with Crippen LogP contribution < -0.4 is 16.0 Å². The van der Waals surface area contributed by atoms with Gasteiger partial charge in [-0.1, -0.05) is 18.2 Å². The van der Waals surface area contributed by atoms with E-state index in [0.29, 0.717) is 12.4 Å². The van der Waals surface area contributed by atoms with Crippen LogP contribution >= 0.6 is 0 Å². The van der Waals surface area contributed by atoms with Crippen molar-refractivity contribution in [3.05, 3.63) is 30.3 Å². The van der Waals surface area contributed by atoms with Crippen molar-refractivity contribution in [1.82, 2.24) is 10.6 Å². The van der Waals surface area contributed by atoms with Crippen LogP contribution in [0.2, 0.25) is 0 Å². The van der Waals surface area contributed by atoms with Crippen molar-refractivity contribution in [2.75, 3.05) is 26.0 Å². The van der Waals surface area contributed by atoms with E-state index >= 15 is 0 Å². The number of amidine groups is 1. The number of nitrogens with one attached hydrogen (secondary N) is 3. The Morgan fingerprint density at radius 1 is 1.31 bits per heavy atom. The molecule has 0 atom stereocenters. The zero-order chi connectivity index (χ0) is 11.8. The summed E-state index contributed by atoms with van der Waals surface area (Å²) in [7, 11) is 3.25. The minimum atomic E-state index is -0.226. The van der Waals surface area contributed by atoms with Gasteiger partial charge in [-0.3, -0.25) is 4.99 Å². The Labute approximate surface area is 95.0 Å². The van der Waals surface area contributed by atoms with Gasteiger partial charge < -0.3 is 16.0 Å². The van der Waals surface area contributed by atoms with E-state index in [1.807, 2.05) is 30.3 Å². The van der Waals surface area contributed by atoms with Gasteiger partial charge in [-0.05, 0) is 12.1 Å². The van der Waals surface area contributed by atoms with E-state index in [4.69, 9.17) is 0 Å². The van der Waals surface area contributed by atoms with Gasteiger partial charge in [-0.15, -0.1) is 0 Å². The predicted molar refractivity (Wildman–Crippen MR) is 65.9 cm³/mol. The summed E-state index contributed by atoms with van der Waals surface area (Å²) in [5.74, 6) is 0.704. The molecule has 0 spiro atoms. The summed E-state index contributed by atoms with van der Waals surface area (Å²) in [6, 6.07) is 9.45. The maximum Gasteiger partial charge on any atom is 0.314 e. The van der Waals surface area contributed by atoms with Crippen LogP contribution in [0.4, 0.5) is 10.5 Å². The molecule has 0 saturated heterocycles. The number of anilines is 1. The van der Waals surface area contributed by atoms with Gasteiger partial charge in [0.15, 0.2) is 0 Å². The summed E-state index contributed by atoms with van der Waals surface area (Å²) in [6.45, 7) is 0.366. The lowest BCUT2D eigenvalue weighted by Crippen LogP contribution is -2.38. The lowest BCUT2D eigenvalue weighted by Gasteiger charge is -2.10. The molecule has 2 amide bonds. The van der Waals surface area contributed by atoms with Crippen LogP contribution in [0.3, 0.4) is 0 Å². The van der Waals surface area contributed by atoms with Gasteiger partial charge in [0.2, 0.25) is 0 Å². The molecule has 1 aromatic rings. The van der Waals surface area contributed by atoms with Crippen LogP contribution in [0.25, 0.3) is 0 Å². The smallest absolute Gasteiger partial charge is 0.314 e. The third-order valence-electron chi connectivity index (χ3n) is 1.98. The first kappa shape index (κ1) is 12.0. The van der Waals surface area contributed by atoms with E-state index in [1.165, 1.54) is 0 Å². The van der Waals surface area contributed by atoms with E-state index in [0.717, 1.165) is 5.69 Å². The average Bonchev–Trinajstić information content (AvgIpc) is 2.35. The number of amides is 2. The second-order valence-corrected chi connectivity index (χ2v) is 3.09. The fourth-order valence-electron chi connectivity index (χ4n) is 1.12. The normalized spacial score (nSPS) is 10.8. The molecule has 86 valence electrons. The number of rotatable bonds is 3. The molecule has 0 aliphatic heterocycles. The first-order valence-corrected chi connectivity index (χ1v) is 4.99. The maximum atomic E-state index is 11.0. The highest BCUT2D eigenvalue weighted by Crippen LogP contribution is 2.04. The van der Waals surface area contributed by atoms with Crippen molar-refractivity contribution < 1.29 is 4.79 Å². The molecule has 0 radical (unpaired) electrons. The van der Waals surface area contributed by atoms with Crippen LogP contribution in [0.15, 0.2) is 35.3 Å². The van der Waals surface area contributed by atoms with E-state index in [2.05, 4.69) is 20.9 Å². The first-order valence-electron chi connectivity index (χ1n) is 4.99. The van der Waals surface area contributed by atoms with Gasteiger partial charge in [0.25, 0.3) is 0 Å². The zero-order valence-corrected chi connectivity index (χ0v) is 9.45. The average molecular weight is 220 g/mol. The third kappa shape index (κ3) is 4.00. The molecule has 0 aliphatic rings. The van der Waals surface area contributed by atoms with Crippen LogP contribution in [0, 0.1) is 0 Å². The van der Waals surface area contributed by atoms with Crippen molar-refractivity contribution >= 4 is 17.6 Å². The third-order valence-corrected chi connectivity index (χ3v) is 1.98. The Balaban J connectivity index is 2.48. The van der Waals surface area contributed by atoms with Gasteiger partial charge in [-0.2, -0.15) is 0 Å². The number of nitrogens with zero attached hydrogens (tertiary/aromatic N) is 1. The van der Waals surface area contributed by atoms with Gasteiger partial charge in [-0.25, -0.2) is 4.79 Å². The van der Waals surface area contributed by atoms with Gasteiger partial charge in [0, 0.05) is 19.8 Å². The molecule has 1 aromatic carbocycles. The summed E-state index contributed by atoms with van der Waals surface area (Å²) < 4.78 is 0. The van der Waals surface area contributed by atoms with Crippen molar-refractivity contribution in [3.63, 3.8) is 0 Å². The van der Waals surface area contributed by atoms with Gasteiger partial charge in [0.1, 0.15) is 5.84 Å². The fraction of sp³-hybridized carbons (Fsp3) is 0.273. The monoisotopic (exact) mass is 220 g/mol. The lowest BCUT2D eigenvalue weighted by atomic mass is 10.3. The summed E-state index contributed by atoms with van der Waals surface area (Å²) >= 11 is 0. The molecule has 3 N–H and O–H groups in total. The second-order valence-electron chi connectivity index (χ2n) is 3.09. The number of aliphatic imine (C=N–C) groups is 1. The Kier molecular flexibility index (Phi) is 4.85. The summed E-state index contributed by atoms with van der Waals surface area (Å²) in [4.78, 5) is 15.0. The molecule has 0 bridgehead atoms. The second kappa shape index (κ2) is 6.44. The number of benzene rings is 1. The first-order chi connectivity index (χ1) is 7.76. The molecule has 0 aromatic heterocycles. The van der Waals surface area contributed by atoms with Crippen LogP contribution in [0.5, 0.6) is 0 Å². The number of urea groups is 1. The number of hydrogen-bond donors (Lipinski definition) is 3. The molecule has 0 saturated carbocycles. The molecular formula is C11H16N4O. The highest BCUT2D eigenvalue weighted by molar-refractivity contribution is 5.98. The predicted octanol–water partition coefficient (Wildman–Crippen LogP) is 1.06. The molecule has 5 nitrogen and oxygen atoms in total. The highest BCUT2D eigenvalue weighted by Gasteiger charge is 2.01. The zero-order valence-electron chi connectivity index (χ0n) is 9.45. The Hall–Kier alpha value is -2.04. The number of hydrogen-bond acceptors (Lipinski definition) is 2. The highest BCUT2D eigenvalue weighted by atomic mass is 16.2. The number of carbonyl (C=O) groups excluding carboxylic acids is 1. The van der Waals surface area contributed by atoms with Crippen LogP contribution in [-0.2, 0) is 0 Å². The van der Waals surface area contributed by atoms with E-state index in [-0.39, 0.29) is 6.03 Å². The summed E-state index contributed by atoms with van der Waals surface area (Å²) in [5.41, 5.74) is 0.946.